The zero-order chi connectivity index (χ0) is 20.4. The molecular weight excluding hydrogens is 368 g/mol. The molecule has 0 unspecified atom stereocenters. The van der Waals surface area contributed by atoms with Gasteiger partial charge in [0.2, 0.25) is 5.95 Å². The summed E-state index contributed by atoms with van der Waals surface area (Å²) >= 11 is 0. The molecule has 152 valence electrons. The summed E-state index contributed by atoms with van der Waals surface area (Å²) in [7, 11) is 1.75. The molecule has 0 radical (unpaired) electrons. The van der Waals surface area contributed by atoms with E-state index in [1.807, 2.05) is 36.1 Å². The van der Waals surface area contributed by atoms with Crippen molar-refractivity contribution in [3.05, 3.63) is 46.8 Å². The number of likely N-dealkylation sites (tertiary alicyclic amines) is 1. The number of fused-ring (bicyclic) bond motifs is 1. The van der Waals surface area contributed by atoms with Crippen LogP contribution in [0.3, 0.4) is 0 Å². The highest BCUT2D eigenvalue weighted by atomic mass is 16.2. The van der Waals surface area contributed by atoms with Crippen LogP contribution in [-0.4, -0.2) is 58.4 Å². The SMILES string of the molecule is CNc1nc2c(c(C(=O)N3CCCC3)n1)CN(C(=O)Nc1ccc(C)cc1)CC2. The summed E-state index contributed by atoms with van der Waals surface area (Å²) in [5.74, 6) is 0.377. The first kappa shape index (κ1) is 19.2. The number of anilines is 2. The number of nitrogens with one attached hydrogen (secondary N) is 2. The quantitative estimate of drug-likeness (QED) is 0.835. The van der Waals surface area contributed by atoms with Crippen molar-refractivity contribution in [1.82, 2.24) is 19.8 Å². The van der Waals surface area contributed by atoms with Crippen LogP contribution in [0.25, 0.3) is 0 Å². The molecule has 1 saturated heterocycles. The van der Waals surface area contributed by atoms with E-state index in [9.17, 15) is 9.59 Å². The van der Waals surface area contributed by atoms with E-state index in [0.717, 1.165) is 48.4 Å². The van der Waals surface area contributed by atoms with Crippen LogP contribution in [0, 0.1) is 6.92 Å². The van der Waals surface area contributed by atoms with Crippen LogP contribution in [0.5, 0.6) is 0 Å². The van der Waals surface area contributed by atoms with Crippen molar-refractivity contribution < 1.29 is 9.59 Å². The van der Waals surface area contributed by atoms with Crippen LogP contribution < -0.4 is 10.6 Å². The molecule has 0 atom stereocenters. The Balaban J connectivity index is 1.57. The molecule has 2 aromatic rings. The molecule has 0 bridgehead atoms. The molecular formula is C21H26N6O2. The predicted molar refractivity (Wildman–Crippen MR) is 111 cm³/mol. The number of hydrogen-bond donors (Lipinski definition) is 2. The topological polar surface area (TPSA) is 90.5 Å². The Bertz CT molecular complexity index is 922. The second kappa shape index (κ2) is 8.06. The number of urea groups is 1. The van der Waals surface area contributed by atoms with Crippen molar-refractivity contribution in [3.8, 4) is 0 Å². The minimum absolute atomic E-state index is 0.0709. The van der Waals surface area contributed by atoms with Gasteiger partial charge in [-0.25, -0.2) is 14.8 Å². The van der Waals surface area contributed by atoms with Crippen molar-refractivity contribution in [2.75, 3.05) is 37.3 Å². The minimum Gasteiger partial charge on any atom is -0.357 e. The van der Waals surface area contributed by atoms with Gasteiger partial charge in [-0.15, -0.1) is 0 Å². The van der Waals surface area contributed by atoms with Crippen LogP contribution >= 0.6 is 0 Å². The second-order valence-electron chi connectivity index (χ2n) is 7.54. The Labute approximate surface area is 170 Å². The lowest BCUT2D eigenvalue weighted by Gasteiger charge is -2.30. The van der Waals surface area contributed by atoms with E-state index in [1.165, 1.54) is 0 Å². The van der Waals surface area contributed by atoms with Crippen molar-refractivity contribution in [2.24, 2.45) is 0 Å². The van der Waals surface area contributed by atoms with Gasteiger partial charge in [-0.05, 0) is 31.9 Å². The number of benzene rings is 1. The molecule has 1 fully saturated rings. The number of aromatic nitrogens is 2. The first-order valence-corrected chi connectivity index (χ1v) is 10.0. The molecule has 3 amide bonds. The summed E-state index contributed by atoms with van der Waals surface area (Å²) in [5, 5.41) is 5.88. The van der Waals surface area contributed by atoms with Crippen molar-refractivity contribution in [2.45, 2.75) is 32.7 Å². The monoisotopic (exact) mass is 394 g/mol. The molecule has 0 spiro atoms. The van der Waals surface area contributed by atoms with Gasteiger partial charge >= 0.3 is 6.03 Å². The third kappa shape index (κ3) is 4.01. The standard InChI is InChI=1S/C21H26N6O2/c1-14-5-7-15(8-6-14)23-21(29)27-12-9-17-16(13-27)18(25-20(22-2)24-17)19(28)26-10-3-4-11-26/h5-8H,3-4,9-13H2,1-2H3,(H,23,29)(H,22,24,25). The largest absolute Gasteiger partial charge is 0.357 e. The van der Waals surface area contributed by atoms with Crippen LogP contribution in [0.15, 0.2) is 24.3 Å². The molecule has 1 aromatic carbocycles. The number of amides is 3. The first-order chi connectivity index (χ1) is 14.0. The Kier molecular flexibility index (Phi) is 5.33. The lowest BCUT2D eigenvalue weighted by molar-refractivity contribution is 0.0783. The average molecular weight is 394 g/mol. The molecule has 4 rings (SSSR count). The number of nitrogens with zero attached hydrogens (tertiary/aromatic N) is 4. The van der Waals surface area contributed by atoms with E-state index in [-0.39, 0.29) is 11.9 Å². The molecule has 8 heteroatoms. The smallest absolute Gasteiger partial charge is 0.322 e. The molecule has 0 saturated carbocycles. The van der Waals surface area contributed by atoms with Gasteiger partial charge in [0.15, 0.2) is 0 Å². The molecule has 8 nitrogen and oxygen atoms in total. The maximum Gasteiger partial charge on any atom is 0.322 e. The van der Waals surface area contributed by atoms with Crippen LogP contribution in [0.1, 0.15) is 40.2 Å². The molecule has 29 heavy (non-hydrogen) atoms. The molecule has 3 heterocycles. The number of carbonyl (C=O) groups excluding carboxylic acids is 2. The highest BCUT2D eigenvalue weighted by molar-refractivity contribution is 5.95. The third-order valence-corrected chi connectivity index (χ3v) is 5.47. The lowest BCUT2D eigenvalue weighted by Crippen LogP contribution is -2.41. The summed E-state index contributed by atoms with van der Waals surface area (Å²) in [4.78, 5) is 38.4. The number of hydrogen-bond acceptors (Lipinski definition) is 5. The molecule has 1 aromatic heterocycles. The average Bonchev–Trinajstić information content (AvgIpc) is 3.28. The Morgan fingerprint density at radius 1 is 1.00 bits per heavy atom. The number of rotatable bonds is 3. The van der Waals surface area contributed by atoms with E-state index in [0.29, 0.717) is 31.2 Å². The highest BCUT2D eigenvalue weighted by Gasteiger charge is 2.30. The van der Waals surface area contributed by atoms with Gasteiger partial charge in [-0.2, -0.15) is 0 Å². The fraction of sp³-hybridized carbons (Fsp3) is 0.429. The van der Waals surface area contributed by atoms with E-state index < -0.39 is 0 Å². The van der Waals surface area contributed by atoms with Crippen LogP contribution in [0.4, 0.5) is 16.4 Å². The van der Waals surface area contributed by atoms with Gasteiger partial charge in [0, 0.05) is 44.4 Å². The van der Waals surface area contributed by atoms with Crippen molar-refractivity contribution >= 4 is 23.6 Å². The summed E-state index contributed by atoms with van der Waals surface area (Å²) < 4.78 is 0. The maximum atomic E-state index is 13.1. The lowest BCUT2D eigenvalue weighted by atomic mass is 10.0. The normalized spacial score (nSPS) is 15.8. The van der Waals surface area contributed by atoms with E-state index in [4.69, 9.17) is 0 Å². The van der Waals surface area contributed by atoms with Gasteiger partial charge in [0.1, 0.15) is 5.69 Å². The van der Waals surface area contributed by atoms with E-state index >= 15 is 0 Å². The molecule has 2 aliphatic rings. The zero-order valence-electron chi connectivity index (χ0n) is 16.9. The minimum atomic E-state index is -0.184. The van der Waals surface area contributed by atoms with Gasteiger partial charge in [-0.1, -0.05) is 17.7 Å². The van der Waals surface area contributed by atoms with Gasteiger partial charge in [0.25, 0.3) is 5.91 Å². The van der Waals surface area contributed by atoms with Crippen molar-refractivity contribution in [3.63, 3.8) is 0 Å². The zero-order valence-corrected chi connectivity index (χ0v) is 16.9. The van der Waals surface area contributed by atoms with Gasteiger partial charge in [0.05, 0.1) is 12.2 Å². The first-order valence-electron chi connectivity index (χ1n) is 10.0. The molecule has 2 aliphatic heterocycles. The van der Waals surface area contributed by atoms with E-state index in [1.54, 1.807) is 11.9 Å². The van der Waals surface area contributed by atoms with Crippen LogP contribution in [0.2, 0.25) is 0 Å². The van der Waals surface area contributed by atoms with E-state index in [2.05, 4.69) is 20.6 Å². The second-order valence-corrected chi connectivity index (χ2v) is 7.54. The number of aryl methyl sites for hydroxylation is 1. The summed E-state index contributed by atoms with van der Waals surface area (Å²) in [5.41, 5.74) is 3.89. The molecule has 0 aliphatic carbocycles. The third-order valence-electron chi connectivity index (χ3n) is 5.47. The number of carbonyl (C=O) groups is 2. The predicted octanol–water partition coefficient (Wildman–Crippen LogP) is 2.65. The molecule has 2 N–H and O–H groups in total. The van der Waals surface area contributed by atoms with Crippen LogP contribution in [-0.2, 0) is 13.0 Å². The van der Waals surface area contributed by atoms with Gasteiger partial charge < -0.3 is 20.4 Å². The van der Waals surface area contributed by atoms with Crippen molar-refractivity contribution in [1.29, 1.82) is 0 Å². The Morgan fingerprint density at radius 3 is 2.41 bits per heavy atom. The summed E-state index contributed by atoms with van der Waals surface area (Å²) in [6.45, 7) is 4.38. The Morgan fingerprint density at radius 2 is 1.72 bits per heavy atom. The summed E-state index contributed by atoms with van der Waals surface area (Å²) in [6, 6.07) is 7.50. The summed E-state index contributed by atoms with van der Waals surface area (Å²) in [6.07, 6.45) is 2.63. The highest BCUT2D eigenvalue weighted by Crippen LogP contribution is 2.25. The Hall–Kier alpha value is -3.16. The maximum absolute atomic E-state index is 13.1. The fourth-order valence-corrected chi connectivity index (χ4v) is 3.79. The van der Waals surface area contributed by atoms with Gasteiger partial charge in [-0.3, -0.25) is 4.79 Å². The fourth-order valence-electron chi connectivity index (χ4n) is 3.79.